The third-order valence-electron chi connectivity index (χ3n) is 3.88. The molecule has 5 heteroatoms. The van der Waals surface area contributed by atoms with Crippen LogP contribution in [-0.4, -0.2) is 24.9 Å². The summed E-state index contributed by atoms with van der Waals surface area (Å²) in [6, 6.07) is 0. The number of alkyl carbamates (subject to hydrolysis) is 1. The summed E-state index contributed by atoms with van der Waals surface area (Å²) in [4.78, 5) is 23.1. The van der Waals surface area contributed by atoms with E-state index in [2.05, 4.69) is 17.5 Å². The van der Waals surface area contributed by atoms with E-state index < -0.39 is 12.4 Å². The molecule has 0 aromatic carbocycles. The summed E-state index contributed by atoms with van der Waals surface area (Å²) < 4.78 is 10.3. The fraction of sp³-hybridized carbons (Fsp3) is 0.667. The first-order chi connectivity index (χ1) is 8.20. The monoisotopic (exact) mass is 237 g/mol. The van der Waals surface area contributed by atoms with Crippen LogP contribution in [0.15, 0.2) is 12.2 Å². The molecular weight excluding hydrogens is 222 g/mol. The van der Waals surface area contributed by atoms with Crippen molar-refractivity contribution in [3.63, 3.8) is 0 Å². The number of hydrogen-bond donors (Lipinski definition) is 1. The molecule has 0 aromatic rings. The zero-order valence-electron chi connectivity index (χ0n) is 9.59. The van der Waals surface area contributed by atoms with Crippen LogP contribution in [0.4, 0.5) is 4.79 Å². The molecule has 1 aliphatic heterocycles. The molecule has 1 heterocycles. The number of nitrogens with one attached hydrogen (secondary N) is 1. The summed E-state index contributed by atoms with van der Waals surface area (Å²) in [6.07, 6.45) is 3.96. The van der Waals surface area contributed by atoms with E-state index in [0.29, 0.717) is 12.5 Å². The van der Waals surface area contributed by atoms with E-state index in [1.165, 1.54) is 0 Å². The Morgan fingerprint density at radius 1 is 1.53 bits per heavy atom. The SMILES string of the molecule is CCNC(=O)OC1OC(=O)C2C3C=CC(C3)C12. The molecule has 3 aliphatic rings. The normalized spacial score (nSPS) is 41.2. The Hall–Kier alpha value is -1.52. The number of carbonyl (C=O) groups excluding carboxylic acids is 2. The molecule has 5 unspecified atom stereocenters. The van der Waals surface area contributed by atoms with Gasteiger partial charge in [-0.1, -0.05) is 12.2 Å². The Morgan fingerprint density at radius 2 is 2.29 bits per heavy atom. The first kappa shape index (κ1) is 10.6. The summed E-state index contributed by atoms with van der Waals surface area (Å²) in [5, 5.41) is 2.54. The molecule has 17 heavy (non-hydrogen) atoms. The van der Waals surface area contributed by atoms with Gasteiger partial charge in [0.1, 0.15) is 0 Å². The van der Waals surface area contributed by atoms with Crippen LogP contribution in [0.2, 0.25) is 0 Å². The Morgan fingerprint density at radius 3 is 3.06 bits per heavy atom. The molecule has 1 saturated carbocycles. The van der Waals surface area contributed by atoms with E-state index in [1.54, 1.807) is 0 Å². The molecule has 0 aromatic heterocycles. The zero-order chi connectivity index (χ0) is 12.0. The van der Waals surface area contributed by atoms with E-state index in [9.17, 15) is 9.59 Å². The number of amides is 1. The van der Waals surface area contributed by atoms with Crippen molar-refractivity contribution < 1.29 is 19.1 Å². The van der Waals surface area contributed by atoms with Crippen molar-refractivity contribution in [2.24, 2.45) is 23.7 Å². The summed E-state index contributed by atoms with van der Waals surface area (Å²) in [7, 11) is 0. The van der Waals surface area contributed by atoms with Crippen molar-refractivity contribution in [1.29, 1.82) is 0 Å². The van der Waals surface area contributed by atoms with Gasteiger partial charge in [0.05, 0.1) is 11.8 Å². The van der Waals surface area contributed by atoms with Crippen LogP contribution >= 0.6 is 0 Å². The lowest BCUT2D eigenvalue weighted by Crippen LogP contribution is -2.33. The lowest BCUT2D eigenvalue weighted by molar-refractivity contribution is -0.158. The molecule has 1 N–H and O–H groups in total. The number of fused-ring (bicyclic) bond motifs is 5. The van der Waals surface area contributed by atoms with Crippen molar-refractivity contribution >= 4 is 12.1 Å². The third-order valence-corrected chi connectivity index (χ3v) is 3.88. The fourth-order valence-electron chi connectivity index (χ4n) is 3.23. The van der Waals surface area contributed by atoms with Crippen LogP contribution in [0.25, 0.3) is 0 Å². The van der Waals surface area contributed by atoms with Crippen LogP contribution in [0, 0.1) is 23.7 Å². The number of hydrogen-bond acceptors (Lipinski definition) is 4. The van der Waals surface area contributed by atoms with Gasteiger partial charge in [-0.15, -0.1) is 0 Å². The van der Waals surface area contributed by atoms with Crippen LogP contribution in [0.5, 0.6) is 0 Å². The van der Waals surface area contributed by atoms with Gasteiger partial charge in [0.15, 0.2) is 0 Å². The van der Waals surface area contributed by atoms with E-state index in [0.717, 1.165) is 6.42 Å². The molecule has 92 valence electrons. The molecule has 2 bridgehead atoms. The van der Waals surface area contributed by atoms with Crippen molar-refractivity contribution in [3.05, 3.63) is 12.2 Å². The van der Waals surface area contributed by atoms with E-state index in [1.807, 2.05) is 6.92 Å². The summed E-state index contributed by atoms with van der Waals surface area (Å²) in [5.41, 5.74) is 0. The largest absolute Gasteiger partial charge is 0.424 e. The molecule has 5 nitrogen and oxygen atoms in total. The molecule has 0 radical (unpaired) electrons. The van der Waals surface area contributed by atoms with Gasteiger partial charge >= 0.3 is 12.1 Å². The average molecular weight is 237 g/mol. The maximum atomic E-state index is 11.7. The third kappa shape index (κ3) is 1.52. The molecule has 2 aliphatic carbocycles. The summed E-state index contributed by atoms with van der Waals surface area (Å²) in [5.74, 6) is 0.280. The number of esters is 1. The van der Waals surface area contributed by atoms with E-state index in [-0.39, 0.29) is 23.7 Å². The highest BCUT2D eigenvalue weighted by Crippen LogP contribution is 2.53. The van der Waals surface area contributed by atoms with Crippen LogP contribution in [-0.2, 0) is 14.3 Å². The standard InChI is InChI=1S/C12H15NO4/c1-2-13-12(15)17-11-9-7-4-3-6(5-7)8(9)10(14)16-11/h3-4,6-9,11H,2,5H2,1H3,(H,13,15). The molecule has 0 spiro atoms. The number of carbonyl (C=O) groups is 2. The van der Waals surface area contributed by atoms with Crippen molar-refractivity contribution in [1.82, 2.24) is 5.32 Å². The molecule has 3 rings (SSSR count). The minimum atomic E-state index is -0.709. The second-order valence-corrected chi connectivity index (χ2v) is 4.79. The molecule has 1 amide bonds. The molecule has 2 fully saturated rings. The highest BCUT2D eigenvalue weighted by molar-refractivity contribution is 5.77. The quantitative estimate of drug-likeness (QED) is 0.576. The predicted molar refractivity (Wildman–Crippen MR) is 57.8 cm³/mol. The Bertz CT molecular complexity index is 392. The van der Waals surface area contributed by atoms with Gasteiger partial charge < -0.3 is 14.8 Å². The van der Waals surface area contributed by atoms with Crippen LogP contribution in [0.1, 0.15) is 13.3 Å². The number of ether oxygens (including phenoxy) is 2. The fourth-order valence-corrected chi connectivity index (χ4v) is 3.23. The highest BCUT2D eigenvalue weighted by Gasteiger charge is 2.59. The maximum Gasteiger partial charge on any atom is 0.410 e. The Kier molecular flexibility index (Phi) is 2.34. The lowest BCUT2D eigenvalue weighted by Gasteiger charge is -2.21. The van der Waals surface area contributed by atoms with Gasteiger partial charge in [-0.3, -0.25) is 4.79 Å². The smallest absolute Gasteiger partial charge is 0.410 e. The topological polar surface area (TPSA) is 64.6 Å². The summed E-state index contributed by atoms with van der Waals surface area (Å²) >= 11 is 0. The van der Waals surface area contributed by atoms with Gasteiger partial charge in [-0.25, -0.2) is 4.79 Å². The Balaban J connectivity index is 1.73. The van der Waals surface area contributed by atoms with Crippen LogP contribution < -0.4 is 5.32 Å². The first-order valence-corrected chi connectivity index (χ1v) is 6.04. The predicted octanol–water partition coefficient (Wildman–Crippen LogP) is 1.05. The number of allylic oxidation sites excluding steroid dienone is 2. The minimum Gasteiger partial charge on any atom is -0.424 e. The second kappa shape index (κ2) is 3.75. The zero-order valence-corrected chi connectivity index (χ0v) is 9.59. The number of rotatable bonds is 2. The maximum absolute atomic E-state index is 11.7. The minimum absolute atomic E-state index is 0.0140. The Labute approximate surface area is 99.1 Å². The van der Waals surface area contributed by atoms with E-state index in [4.69, 9.17) is 9.47 Å². The second-order valence-electron chi connectivity index (χ2n) is 4.79. The molecule has 5 atom stereocenters. The van der Waals surface area contributed by atoms with Gasteiger partial charge in [-0.2, -0.15) is 0 Å². The molecule has 1 saturated heterocycles. The highest BCUT2D eigenvalue weighted by atomic mass is 16.7. The van der Waals surface area contributed by atoms with Crippen LogP contribution in [0.3, 0.4) is 0 Å². The van der Waals surface area contributed by atoms with Crippen molar-refractivity contribution in [2.45, 2.75) is 19.6 Å². The van der Waals surface area contributed by atoms with Crippen molar-refractivity contribution in [3.8, 4) is 0 Å². The molecular formula is C12H15NO4. The lowest BCUT2D eigenvalue weighted by atomic mass is 9.85. The van der Waals surface area contributed by atoms with E-state index >= 15 is 0 Å². The average Bonchev–Trinajstić information content (AvgIpc) is 2.93. The van der Waals surface area contributed by atoms with Gasteiger partial charge in [0, 0.05) is 6.54 Å². The number of cyclic esters (lactones) is 1. The van der Waals surface area contributed by atoms with Crippen molar-refractivity contribution in [2.75, 3.05) is 6.54 Å². The first-order valence-electron chi connectivity index (χ1n) is 6.04. The summed E-state index contributed by atoms with van der Waals surface area (Å²) in [6.45, 7) is 2.31. The van der Waals surface area contributed by atoms with Gasteiger partial charge in [0.2, 0.25) is 0 Å². The van der Waals surface area contributed by atoms with Gasteiger partial charge in [-0.05, 0) is 25.2 Å². The van der Waals surface area contributed by atoms with Gasteiger partial charge in [0.25, 0.3) is 6.29 Å².